The van der Waals surface area contributed by atoms with Crippen LogP contribution in [-0.4, -0.2) is 43.3 Å². The Morgan fingerprint density at radius 3 is 2.59 bits per heavy atom. The fourth-order valence-electron chi connectivity index (χ4n) is 1.15. The summed E-state index contributed by atoms with van der Waals surface area (Å²) < 4.78 is 23.0. The molecule has 2 aromatic rings. The molecule has 1 unspecified atom stereocenters. The van der Waals surface area contributed by atoms with Gasteiger partial charge in [0.25, 0.3) is 0 Å². The van der Waals surface area contributed by atoms with Crippen molar-refractivity contribution in [1.82, 2.24) is 4.98 Å². The predicted octanol–water partition coefficient (Wildman–Crippen LogP) is 2.29. The van der Waals surface area contributed by atoms with Crippen LogP contribution in [0.1, 0.15) is 0 Å². The van der Waals surface area contributed by atoms with E-state index in [2.05, 4.69) is 9.71 Å². The first-order valence-corrected chi connectivity index (χ1v) is 6.56. The standard InChI is InChI=1S/C9H7ClN2O2S2.Na/c10-7-3-1-6(2-4-7)8-5-15-9(11-8)12-16(13)14;/h1-5H,(H,11,12)(H,13,14);/p-1. The third-order valence-corrected chi connectivity index (χ3v) is 3.31. The van der Waals surface area contributed by atoms with Crippen LogP contribution in [-0.2, 0) is 11.3 Å². The molecule has 1 atom stereocenters. The van der Waals surface area contributed by atoms with Crippen molar-refractivity contribution < 1.29 is 8.76 Å². The van der Waals surface area contributed by atoms with Gasteiger partial charge in [0.15, 0.2) is 5.13 Å². The molecule has 0 amide bonds. The molecule has 0 spiro atoms. The van der Waals surface area contributed by atoms with E-state index in [0.717, 1.165) is 11.3 Å². The Balaban J connectivity index is 0.00000144. The molecule has 1 heterocycles. The number of benzene rings is 1. The summed E-state index contributed by atoms with van der Waals surface area (Å²) in [4.78, 5) is 4.12. The smallest absolute Gasteiger partial charge is 0.194 e. The topological polar surface area (TPSA) is 65.0 Å². The summed E-state index contributed by atoms with van der Waals surface area (Å²) in [6.07, 6.45) is 0. The summed E-state index contributed by atoms with van der Waals surface area (Å²) in [5, 5.41) is 2.77. The fourth-order valence-corrected chi connectivity index (χ4v) is 2.42. The molecule has 2 rings (SSSR count). The number of nitrogens with one attached hydrogen (secondary N) is 1. The SMILES string of the molecule is O=S([O-])Nc1nc(-c2ccc(Cl)cc2)cs1.[Na]. The molecule has 0 saturated heterocycles. The number of rotatable bonds is 3. The number of thiazole rings is 1. The van der Waals surface area contributed by atoms with Gasteiger partial charge in [-0.1, -0.05) is 23.7 Å². The number of hydrogen-bond donors (Lipinski definition) is 1. The maximum absolute atomic E-state index is 10.4. The number of aromatic nitrogens is 1. The second kappa shape index (κ2) is 6.84. The molecule has 0 fully saturated rings. The summed E-state index contributed by atoms with van der Waals surface area (Å²) >= 11 is 4.65. The zero-order valence-corrected chi connectivity index (χ0v) is 13.2. The van der Waals surface area contributed by atoms with Gasteiger partial charge in [-0.2, -0.15) is 0 Å². The quantitative estimate of drug-likeness (QED) is 0.698. The molecule has 85 valence electrons. The molecule has 0 aliphatic carbocycles. The molecule has 0 aliphatic heterocycles. The Kier molecular flexibility index (Phi) is 6.08. The zero-order chi connectivity index (χ0) is 11.5. The van der Waals surface area contributed by atoms with Crippen LogP contribution in [0, 0.1) is 0 Å². The molecular weight excluding hydrogens is 291 g/mol. The summed E-state index contributed by atoms with van der Waals surface area (Å²) in [6.45, 7) is 0. The Morgan fingerprint density at radius 2 is 2.00 bits per heavy atom. The van der Waals surface area contributed by atoms with Gasteiger partial charge >= 0.3 is 0 Å². The van der Waals surface area contributed by atoms with Gasteiger partial charge in [-0.05, 0) is 12.1 Å². The van der Waals surface area contributed by atoms with Crippen molar-refractivity contribution >= 4 is 68.9 Å². The number of halogens is 1. The second-order valence-corrected chi connectivity index (χ2v) is 4.85. The molecule has 4 nitrogen and oxygen atoms in total. The largest absolute Gasteiger partial charge is 0.755 e. The molecule has 0 saturated carbocycles. The van der Waals surface area contributed by atoms with Crippen LogP contribution in [0.15, 0.2) is 29.6 Å². The molecule has 17 heavy (non-hydrogen) atoms. The van der Waals surface area contributed by atoms with Crippen molar-refractivity contribution in [2.24, 2.45) is 0 Å². The minimum atomic E-state index is -2.34. The molecule has 8 heteroatoms. The summed E-state index contributed by atoms with van der Waals surface area (Å²) in [6, 6.07) is 7.18. The van der Waals surface area contributed by atoms with Gasteiger partial charge in [-0.15, -0.1) is 11.3 Å². The Hall–Kier alpha value is 0.0500. The van der Waals surface area contributed by atoms with E-state index in [1.165, 1.54) is 11.3 Å². The third-order valence-electron chi connectivity index (χ3n) is 1.81. The van der Waals surface area contributed by atoms with Crippen molar-refractivity contribution in [3.8, 4) is 11.3 Å². The Labute approximate surface area is 132 Å². The summed E-state index contributed by atoms with van der Waals surface area (Å²) in [5.41, 5.74) is 1.61. The number of hydrogen-bond acceptors (Lipinski definition) is 4. The van der Waals surface area contributed by atoms with Gasteiger partial charge in [0, 0.05) is 56.8 Å². The van der Waals surface area contributed by atoms with Crippen molar-refractivity contribution in [1.29, 1.82) is 0 Å². The number of anilines is 1. The van der Waals surface area contributed by atoms with Gasteiger partial charge < -0.3 is 4.55 Å². The number of nitrogens with zero attached hydrogens (tertiary/aromatic N) is 1. The monoisotopic (exact) mass is 296 g/mol. The first kappa shape index (κ1) is 15.1. The van der Waals surface area contributed by atoms with E-state index < -0.39 is 11.3 Å². The van der Waals surface area contributed by atoms with E-state index in [1.807, 2.05) is 12.1 Å². The van der Waals surface area contributed by atoms with Gasteiger partial charge in [0.2, 0.25) is 0 Å². The Morgan fingerprint density at radius 1 is 1.35 bits per heavy atom. The molecule has 0 bridgehead atoms. The molecule has 0 aliphatic rings. The van der Waals surface area contributed by atoms with Crippen LogP contribution in [0.25, 0.3) is 11.3 Å². The molecular formula is C9H6ClN2NaO2S2-. The van der Waals surface area contributed by atoms with E-state index >= 15 is 0 Å². The van der Waals surface area contributed by atoms with Crippen LogP contribution in [0.5, 0.6) is 0 Å². The van der Waals surface area contributed by atoms with Crippen molar-refractivity contribution in [3.05, 3.63) is 34.7 Å². The van der Waals surface area contributed by atoms with Crippen LogP contribution in [0.4, 0.5) is 5.13 Å². The maximum atomic E-state index is 10.4. The average Bonchev–Trinajstić information content (AvgIpc) is 2.66. The second-order valence-electron chi connectivity index (χ2n) is 2.88. The van der Waals surface area contributed by atoms with Crippen molar-refractivity contribution in [2.75, 3.05) is 4.72 Å². The fraction of sp³-hybridized carbons (Fsp3) is 0. The van der Waals surface area contributed by atoms with Crippen LogP contribution < -0.4 is 4.72 Å². The van der Waals surface area contributed by atoms with E-state index in [1.54, 1.807) is 17.5 Å². The van der Waals surface area contributed by atoms with Crippen molar-refractivity contribution in [2.45, 2.75) is 0 Å². The van der Waals surface area contributed by atoms with E-state index in [4.69, 9.17) is 11.6 Å². The molecule has 1 N–H and O–H groups in total. The van der Waals surface area contributed by atoms with Crippen molar-refractivity contribution in [3.63, 3.8) is 0 Å². The maximum Gasteiger partial charge on any atom is 0.194 e. The summed E-state index contributed by atoms with van der Waals surface area (Å²) in [7, 11) is 0. The van der Waals surface area contributed by atoms with Crippen LogP contribution in [0.3, 0.4) is 0 Å². The molecule has 1 aromatic heterocycles. The van der Waals surface area contributed by atoms with E-state index in [0.29, 0.717) is 10.2 Å². The normalized spacial score (nSPS) is 11.6. The van der Waals surface area contributed by atoms with Gasteiger partial charge in [-0.25, -0.2) is 4.98 Å². The molecule has 1 radical (unpaired) electrons. The molecule has 1 aromatic carbocycles. The first-order valence-electron chi connectivity index (χ1n) is 4.22. The summed E-state index contributed by atoms with van der Waals surface area (Å²) in [5.74, 6) is 0. The Bertz CT molecular complexity index is 518. The minimum absolute atomic E-state index is 0. The van der Waals surface area contributed by atoms with Crippen LogP contribution in [0.2, 0.25) is 5.02 Å². The third kappa shape index (κ3) is 4.33. The van der Waals surface area contributed by atoms with Gasteiger partial charge in [0.1, 0.15) is 0 Å². The average molecular weight is 297 g/mol. The van der Waals surface area contributed by atoms with Gasteiger partial charge in [-0.3, -0.25) is 8.93 Å². The zero-order valence-electron chi connectivity index (χ0n) is 8.84. The van der Waals surface area contributed by atoms with E-state index in [9.17, 15) is 8.76 Å². The first-order chi connectivity index (χ1) is 7.65. The van der Waals surface area contributed by atoms with Crippen LogP contribution >= 0.6 is 22.9 Å². The predicted molar refractivity (Wildman–Crippen MR) is 70.9 cm³/mol. The minimum Gasteiger partial charge on any atom is -0.755 e. The van der Waals surface area contributed by atoms with Gasteiger partial charge in [0.05, 0.1) is 5.69 Å². The van der Waals surface area contributed by atoms with E-state index in [-0.39, 0.29) is 29.6 Å².